The van der Waals surface area contributed by atoms with Crippen LogP contribution in [0.25, 0.3) is 0 Å². The third kappa shape index (κ3) is 6.94. The number of hydrogen-bond donors (Lipinski definition) is 2. The van der Waals surface area contributed by atoms with Crippen molar-refractivity contribution in [3.8, 4) is 0 Å². The Labute approximate surface area is 181 Å². The van der Waals surface area contributed by atoms with Crippen LogP contribution in [-0.2, 0) is 18.3 Å². The lowest BCUT2D eigenvalue weighted by atomic mass is 9.92. The molecule has 0 atom stereocenters. The summed E-state index contributed by atoms with van der Waals surface area (Å²) in [5, 5.41) is 15.5. The molecule has 170 valence electrons. The molecule has 2 fully saturated rings. The smallest absolute Gasteiger partial charge is 0.191 e. The molecule has 0 bridgehead atoms. The van der Waals surface area contributed by atoms with E-state index >= 15 is 0 Å². The zero-order chi connectivity index (χ0) is 21.2. The van der Waals surface area contributed by atoms with Crippen molar-refractivity contribution in [1.29, 1.82) is 0 Å². The standard InChI is InChI=1S/C22H41N7O/c1-4-30-16-8-13-23-22(24-17-21-27-26-18(2)28(21)3)25-19-11-14-29(15-12-19)20-9-6-5-7-10-20/h19-20H,4-17H2,1-3H3,(H2,23,24,25). The lowest BCUT2D eigenvalue weighted by molar-refractivity contribution is 0.119. The number of likely N-dealkylation sites (tertiary alicyclic amines) is 1. The second-order valence-electron chi connectivity index (χ2n) is 8.61. The van der Waals surface area contributed by atoms with E-state index in [0.29, 0.717) is 12.6 Å². The summed E-state index contributed by atoms with van der Waals surface area (Å²) >= 11 is 0. The van der Waals surface area contributed by atoms with Crippen LogP contribution < -0.4 is 10.6 Å². The summed E-state index contributed by atoms with van der Waals surface area (Å²) in [6.07, 6.45) is 10.4. The molecule has 1 aliphatic carbocycles. The van der Waals surface area contributed by atoms with Gasteiger partial charge in [-0.1, -0.05) is 19.3 Å². The minimum atomic E-state index is 0.476. The third-order valence-electron chi connectivity index (χ3n) is 6.48. The van der Waals surface area contributed by atoms with Crippen LogP contribution in [0.2, 0.25) is 0 Å². The molecule has 8 nitrogen and oxygen atoms in total. The molecular formula is C22H41N7O. The highest BCUT2D eigenvalue weighted by Gasteiger charge is 2.26. The number of hydrogen-bond acceptors (Lipinski definition) is 5. The van der Waals surface area contributed by atoms with E-state index < -0.39 is 0 Å². The summed E-state index contributed by atoms with van der Waals surface area (Å²) in [4.78, 5) is 7.53. The summed E-state index contributed by atoms with van der Waals surface area (Å²) in [7, 11) is 1.99. The lowest BCUT2D eigenvalue weighted by Gasteiger charge is -2.39. The molecule has 1 aliphatic heterocycles. The van der Waals surface area contributed by atoms with Crippen molar-refractivity contribution in [2.45, 2.75) is 83.8 Å². The average Bonchev–Trinajstić information content (AvgIpc) is 3.10. The molecule has 2 heterocycles. The molecule has 3 rings (SSSR count). The van der Waals surface area contributed by atoms with Crippen LogP contribution in [0, 0.1) is 6.92 Å². The van der Waals surface area contributed by atoms with Gasteiger partial charge in [-0.3, -0.25) is 0 Å². The molecule has 0 amide bonds. The van der Waals surface area contributed by atoms with E-state index in [1.165, 1.54) is 58.0 Å². The third-order valence-corrected chi connectivity index (χ3v) is 6.48. The Morgan fingerprint density at radius 3 is 2.57 bits per heavy atom. The predicted octanol–water partition coefficient (Wildman–Crippen LogP) is 2.38. The molecule has 2 aliphatic rings. The van der Waals surface area contributed by atoms with Crippen LogP contribution in [0.1, 0.15) is 69.9 Å². The first kappa shape index (κ1) is 23.0. The molecule has 0 spiro atoms. The maximum atomic E-state index is 5.46. The van der Waals surface area contributed by atoms with Gasteiger partial charge in [-0.05, 0) is 46.0 Å². The van der Waals surface area contributed by atoms with Crippen LogP contribution in [0.5, 0.6) is 0 Å². The Morgan fingerprint density at radius 2 is 1.90 bits per heavy atom. The molecule has 1 saturated heterocycles. The van der Waals surface area contributed by atoms with Crippen molar-refractivity contribution in [3.05, 3.63) is 11.6 Å². The van der Waals surface area contributed by atoms with Crippen molar-refractivity contribution in [2.75, 3.05) is 32.8 Å². The van der Waals surface area contributed by atoms with Gasteiger partial charge in [0.15, 0.2) is 11.8 Å². The number of ether oxygens (including phenoxy) is 1. The van der Waals surface area contributed by atoms with E-state index in [-0.39, 0.29) is 0 Å². The highest BCUT2D eigenvalue weighted by Crippen LogP contribution is 2.25. The van der Waals surface area contributed by atoms with E-state index in [0.717, 1.165) is 49.8 Å². The Kier molecular flexibility index (Phi) is 9.39. The molecule has 30 heavy (non-hydrogen) atoms. The average molecular weight is 420 g/mol. The highest BCUT2D eigenvalue weighted by atomic mass is 16.5. The van der Waals surface area contributed by atoms with E-state index in [1.54, 1.807) is 0 Å². The van der Waals surface area contributed by atoms with E-state index in [4.69, 9.17) is 9.73 Å². The number of piperidine rings is 1. The molecule has 0 radical (unpaired) electrons. The fraction of sp³-hybridized carbons (Fsp3) is 0.864. The number of guanidine groups is 1. The SMILES string of the molecule is CCOCCCNC(=NCc1nnc(C)n1C)NC1CCN(C2CCCCC2)CC1. The largest absolute Gasteiger partial charge is 0.382 e. The summed E-state index contributed by atoms with van der Waals surface area (Å²) < 4.78 is 7.45. The molecule has 1 saturated carbocycles. The van der Waals surface area contributed by atoms with Crippen molar-refractivity contribution in [2.24, 2.45) is 12.0 Å². The van der Waals surface area contributed by atoms with Gasteiger partial charge < -0.3 is 24.8 Å². The minimum absolute atomic E-state index is 0.476. The number of aryl methyl sites for hydroxylation is 1. The number of rotatable bonds is 9. The van der Waals surface area contributed by atoms with E-state index in [9.17, 15) is 0 Å². The predicted molar refractivity (Wildman–Crippen MR) is 121 cm³/mol. The number of nitrogens with zero attached hydrogens (tertiary/aromatic N) is 5. The highest BCUT2D eigenvalue weighted by molar-refractivity contribution is 5.80. The fourth-order valence-corrected chi connectivity index (χ4v) is 4.46. The van der Waals surface area contributed by atoms with Crippen LogP contribution in [-0.4, -0.2) is 70.6 Å². The van der Waals surface area contributed by atoms with Crippen molar-refractivity contribution >= 4 is 5.96 Å². The molecule has 1 aromatic heterocycles. The number of aromatic nitrogens is 3. The summed E-state index contributed by atoms with van der Waals surface area (Å²) in [6, 6.07) is 1.30. The van der Waals surface area contributed by atoms with Gasteiger partial charge in [0.1, 0.15) is 12.4 Å². The number of aliphatic imine (C=N–C) groups is 1. The van der Waals surface area contributed by atoms with Gasteiger partial charge >= 0.3 is 0 Å². The topological polar surface area (TPSA) is 79.6 Å². The first-order valence-electron chi connectivity index (χ1n) is 11.9. The van der Waals surface area contributed by atoms with Gasteiger partial charge in [0, 0.05) is 52.0 Å². The summed E-state index contributed by atoms with van der Waals surface area (Å²) in [5.74, 6) is 2.67. The van der Waals surface area contributed by atoms with Gasteiger partial charge in [-0.15, -0.1) is 10.2 Å². The van der Waals surface area contributed by atoms with Gasteiger partial charge in [-0.25, -0.2) is 4.99 Å². The zero-order valence-corrected chi connectivity index (χ0v) is 19.2. The van der Waals surface area contributed by atoms with Crippen LogP contribution in [0.3, 0.4) is 0 Å². The maximum Gasteiger partial charge on any atom is 0.191 e. The van der Waals surface area contributed by atoms with Crippen LogP contribution in [0.15, 0.2) is 4.99 Å². The molecule has 1 aromatic rings. The van der Waals surface area contributed by atoms with Crippen molar-refractivity contribution < 1.29 is 4.74 Å². The van der Waals surface area contributed by atoms with Crippen molar-refractivity contribution in [1.82, 2.24) is 30.3 Å². The van der Waals surface area contributed by atoms with Crippen LogP contribution in [0.4, 0.5) is 0 Å². The fourth-order valence-electron chi connectivity index (χ4n) is 4.46. The van der Waals surface area contributed by atoms with E-state index in [1.807, 2.05) is 25.5 Å². The Bertz CT molecular complexity index is 646. The lowest BCUT2D eigenvalue weighted by Crippen LogP contribution is -2.51. The first-order chi connectivity index (χ1) is 14.7. The van der Waals surface area contributed by atoms with Crippen LogP contribution >= 0.6 is 0 Å². The summed E-state index contributed by atoms with van der Waals surface area (Å²) in [5.41, 5.74) is 0. The molecule has 2 N–H and O–H groups in total. The Morgan fingerprint density at radius 1 is 1.13 bits per heavy atom. The Hall–Kier alpha value is -1.67. The Balaban J connectivity index is 1.51. The van der Waals surface area contributed by atoms with Gasteiger partial charge in [0.05, 0.1) is 0 Å². The monoisotopic (exact) mass is 419 g/mol. The minimum Gasteiger partial charge on any atom is -0.382 e. The maximum absolute atomic E-state index is 5.46. The number of nitrogens with one attached hydrogen (secondary N) is 2. The quantitative estimate of drug-likeness (QED) is 0.363. The van der Waals surface area contributed by atoms with E-state index in [2.05, 4.69) is 25.7 Å². The molecule has 0 unspecified atom stereocenters. The zero-order valence-electron chi connectivity index (χ0n) is 19.2. The van der Waals surface area contributed by atoms with Crippen molar-refractivity contribution in [3.63, 3.8) is 0 Å². The molecular weight excluding hydrogens is 378 g/mol. The first-order valence-corrected chi connectivity index (χ1v) is 11.9. The second-order valence-corrected chi connectivity index (χ2v) is 8.61. The van der Waals surface area contributed by atoms with Gasteiger partial charge in [-0.2, -0.15) is 0 Å². The van der Waals surface area contributed by atoms with Gasteiger partial charge in [0.25, 0.3) is 0 Å². The molecule has 0 aromatic carbocycles. The second kappa shape index (κ2) is 12.2. The molecule has 8 heteroatoms. The normalized spacial score (nSPS) is 19.9. The summed E-state index contributed by atoms with van der Waals surface area (Å²) in [6.45, 7) is 9.31. The van der Waals surface area contributed by atoms with Gasteiger partial charge in [0.2, 0.25) is 0 Å².